The van der Waals surface area contributed by atoms with Crippen molar-refractivity contribution in [2.75, 3.05) is 11.0 Å². The molecule has 0 radical (unpaired) electrons. The van der Waals surface area contributed by atoms with Gasteiger partial charge in [-0.2, -0.15) is 0 Å². The molecule has 0 unspecified atom stereocenters. The first-order chi connectivity index (χ1) is 8.51. The first-order valence-electron chi connectivity index (χ1n) is 4.79. The molecule has 18 heavy (non-hydrogen) atoms. The molecule has 0 aliphatic carbocycles. The van der Waals surface area contributed by atoms with E-state index in [0.29, 0.717) is 5.69 Å². The van der Waals surface area contributed by atoms with Gasteiger partial charge < -0.3 is 0 Å². The molecule has 0 bridgehead atoms. The fraction of sp³-hybridized carbons (Fsp3) is 0.100. The Morgan fingerprint density at radius 1 is 1.44 bits per heavy atom. The molecule has 0 spiro atoms. The number of rotatable bonds is 4. The number of halogens is 1. The van der Waals surface area contributed by atoms with Crippen LogP contribution in [0.4, 0.5) is 5.69 Å². The molecule has 0 atom stereocenters. The van der Waals surface area contributed by atoms with Gasteiger partial charge in [-0.3, -0.25) is 4.72 Å². The number of thiazole rings is 1. The number of thioether (sulfide) groups is 1. The number of sulfonamides is 1. The highest BCUT2D eigenvalue weighted by Crippen LogP contribution is 2.26. The Morgan fingerprint density at radius 3 is 2.83 bits per heavy atom. The van der Waals surface area contributed by atoms with E-state index in [4.69, 9.17) is 11.6 Å². The highest BCUT2D eigenvalue weighted by molar-refractivity contribution is 7.98. The lowest BCUT2D eigenvalue weighted by atomic mass is 10.3. The summed E-state index contributed by atoms with van der Waals surface area (Å²) < 4.78 is 26.8. The van der Waals surface area contributed by atoms with Crippen molar-refractivity contribution in [3.63, 3.8) is 0 Å². The fourth-order valence-electron chi connectivity index (χ4n) is 1.26. The van der Waals surface area contributed by atoms with Crippen molar-refractivity contribution < 1.29 is 8.42 Å². The van der Waals surface area contributed by atoms with E-state index < -0.39 is 10.0 Å². The van der Waals surface area contributed by atoms with Gasteiger partial charge in [-0.05, 0) is 24.5 Å². The fourth-order valence-corrected chi connectivity index (χ4v) is 4.06. The van der Waals surface area contributed by atoms with Crippen LogP contribution in [0, 0.1) is 0 Å². The lowest BCUT2D eigenvalue weighted by Crippen LogP contribution is -2.11. The van der Waals surface area contributed by atoms with Crippen LogP contribution in [-0.2, 0) is 10.0 Å². The van der Waals surface area contributed by atoms with E-state index in [9.17, 15) is 8.42 Å². The van der Waals surface area contributed by atoms with E-state index in [2.05, 4.69) is 9.71 Å². The topological polar surface area (TPSA) is 59.1 Å². The van der Waals surface area contributed by atoms with Crippen molar-refractivity contribution >= 4 is 50.4 Å². The van der Waals surface area contributed by atoms with Crippen LogP contribution >= 0.6 is 34.7 Å². The predicted molar refractivity (Wildman–Crippen MR) is 76.2 cm³/mol. The van der Waals surface area contributed by atoms with Crippen molar-refractivity contribution in [1.29, 1.82) is 0 Å². The van der Waals surface area contributed by atoms with Crippen LogP contribution in [0.3, 0.4) is 0 Å². The molecule has 0 fully saturated rings. The monoisotopic (exact) mass is 320 g/mol. The van der Waals surface area contributed by atoms with E-state index >= 15 is 0 Å². The summed E-state index contributed by atoms with van der Waals surface area (Å²) in [6, 6.07) is 7.17. The molecule has 96 valence electrons. The Kier molecular flexibility index (Phi) is 4.16. The van der Waals surface area contributed by atoms with Gasteiger partial charge in [0.25, 0.3) is 10.0 Å². The number of hydrogen-bond donors (Lipinski definition) is 1. The second-order valence-corrected chi connectivity index (χ2v) is 7.67. The molecule has 0 saturated heterocycles. The molecule has 0 aliphatic heterocycles. The molecule has 0 saturated carbocycles. The van der Waals surface area contributed by atoms with Crippen molar-refractivity contribution in [2.45, 2.75) is 9.10 Å². The van der Waals surface area contributed by atoms with Gasteiger partial charge in [-0.15, -0.1) is 11.8 Å². The third-order valence-corrected chi connectivity index (χ3v) is 5.73. The van der Waals surface area contributed by atoms with Gasteiger partial charge >= 0.3 is 0 Å². The van der Waals surface area contributed by atoms with Crippen LogP contribution < -0.4 is 4.72 Å². The smallest absolute Gasteiger partial charge is 0.273 e. The van der Waals surface area contributed by atoms with Gasteiger partial charge in [0.1, 0.15) is 0 Å². The second-order valence-electron chi connectivity index (χ2n) is 3.27. The highest BCUT2D eigenvalue weighted by Gasteiger charge is 2.17. The lowest BCUT2D eigenvalue weighted by molar-refractivity contribution is 0.603. The Hall–Kier alpha value is -0.760. The molecule has 2 rings (SSSR count). The van der Waals surface area contributed by atoms with Crippen molar-refractivity contribution in [3.8, 4) is 0 Å². The zero-order chi connectivity index (χ0) is 13.2. The van der Waals surface area contributed by atoms with Gasteiger partial charge in [0, 0.05) is 10.6 Å². The van der Waals surface area contributed by atoms with Gasteiger partial charge in [0.2, 0.25) is 0 Å². The average Bonchev–Trinajstić information content (AvgIpc) is 2.76. The Labute approximate surface area is 118 Å². The Morgan fingerprint density at radius 2 is 2.22 bits per heavy atom. The molecule has 4 nitrogen and oxygen atoms in total. The second kappa shape index (κ2) is 5.48. The molecule has 0 aliphatic rings. The number of anilines is 1. The summed E-state index contributed by atoms with van der Waals surface area (Å²) in [6.45, 7) is 0. The predicted octanol–water partition coefficient (Wildman–Crippen LogP) is 3.32. The molecule has 0 amide bonds. The van der Waals surface area contributed by atoms with E-state index in [-0.39, 0.29) is 8.68 Å². The summed E-state index contributed by atoms with van der Waals surface area (Å²) in [4.78, 5) is 4.70. The normalized spacial score (nSPS) is 11.4. The average molecular weight is 321 g/mol. The molecular formula is C10H9ClN2O2S3. The van der Waals surface area contributed by atoms with Crippen LogP contribution in [-0.4, -0.2) is 19.7 Å². The van der Waals surface area contributed by atoms with Crippen molar-refractivity contribution in [2.24, 2.45) is 0 Å². The van der Waals surface area contributed by atoms with Crippen LogP contribution in [0.25, 0.3) is 0 Å². The summed E-state index contributed by atoms with van der Waals surface area (Å²) in [5.74, 6) is 0. The molecule has 1 aromatic heterocycles. The summed E-state index contributed by atoms with van der Waals surface area (Å²) in [5.41, 5.74) is 0.520. The molecule has 8 heteroatoms. The highest BCUT2D eigenvalue weighted by atomic mass is 35.5. The standard InChI is InChI=1S/C10H9ClN2O2S3/c1-16-8-4-2-3-7(5-8)13-18(14,15)9-6-12-10(11)17-9/h2-6,13H,1H3. The minimum Gasteiger partial charge on any atom is -0.279 e. The zero-order valence-corrected chi connectivity index (χ0v) is 12.5. The molecule has 2 aromatic rings. The van der Waals surface area contributed by atoms with E-state index in [1.165, 1.54) is 6.20 Å². The Bertz CT molecular complexity index is 655. The first kappa shape index (κ1) is 13.7. The van der Waals surface area contributed by atoms with Gasteiger partial charge in [-0.1, -0.05) is 29.0 Å². The Balaban J connectivity index is 2.27. The van der Waals surface area contributed by atoms with Crippen molar-refractivity contribution in [3.05, 3.63) is 34.9 Å². The van der Waals surface area contributed by atoms with Crippen LogP contribution in [0.5, 0.6) is 0 Å². The molecule has 1 aromatic carbocycles. The van der Waals surface area contributed by atoms with Crippen LogP contribution in [0.1, 0.15) is 0 Å². The van der Waals surface area contributed by atoms with Gasteiger partial charge in [0.05, 0.1) is 6.20 Å². The first-order valence-corrected chi connectivity index (χ1v) is 8.70. The minimum atomic E-state index is -3.61. The number of benzene rings is 1. The summed E-state index contributed by atoms with van der Waals surface area (Å²) >= 11 is 8.09. The number of nitrogens with zero attached hydrogens (tertiary/aromatic N) is 1. The van der Waals surface area contributed by atoms with Crippen LogP contribution in [0.15, 0.2) is 39.6 Å². The minimum absolute atomic E-state index is 0.0991. The summed E-state index contributed by atoms with van der Waals surface area (Å²) in [6.07, 6.45) is 3.17. The number of nitrogens with one attached hydrogen (secondary N) is 1. The SMILES string of the molecule is CSc1cccc(NS(=O)(=O)c2cnc(Cl)s2)c1. The number of hydrogen-bond acceptors (Lipinski definition) is 5. The maximum atomic E-state index is 12.0. The zero-order valence-electron chi connectivity index (χ0n) is 9.25. The molecular weight excluding hydrogens is 312 g/mol. The van der Waals surface area contributed by atoms with E-state index in [0.717, 1.165) is 16.2 Å². The molecule has 1 N–H and O–H groups in total. The quantitative estimate of drug-likeness (QED) is 0.878. The third-order valence-electron chi connectivity index (χ3n) is 2.04. The van der Waals surface area contributed by atoms with Crippen LogP contribution in [0.2, 0.25) is 4.47 Å². The third kappa shape index (κ3) is 3.17. The maximum absolute atomic E-state index is 12.0. The largest absolute Gasteiger partial charge is 0.279 e. The molecule has 1 heterocycles. The number of aromatic nitrogens is 1. The maximum Gasteiger partial charge on any atom is 0.273 e. The summed E-state index contributed by atoms with van der Waals surface area (Å²) in [5, 5.41) is 0. The van der Waals surface area contributed by atoms with Crippen molar-refractivity contribution in [1.82, 2.24) is 4.98 Å². The van der Waals surface area contributed by atoms with Gasteiger partial charge in [-0.25, -0.2) is 13.4 Å². The lowest BCUT2D eigenvalue weighted by Gasteiger charge is -2.06. The van der Waals surface area contributed by atoms with Gasteiger partial charge in [0.15, 0.2) is 8.68 Å². The van der Waals surface area contributed by atoms with E-state index in [1.807, 2.05) is 12.3 Å². The van der Waals surface area contributed by atoms with E-state index in [1.54, 1.807) is 30.0 Å². The summed E-state index contributed by atoms with van der Waals surface area (Å²) in [7, 11) is -3.61.